The van der Waals surface area contributed by atoms with Gasteiger partial charge in [-0.15, -0.1) is 0 Å². The standard InChI is InChI=1S/C25H31FN2O3/c1-16(19-8-10-23(26)24(14-19)31-2)27-21-9-7-20(13-21)17-3-5-18(6-4-17)25(30)28-12-11-22(29)15-28/h3-6,8,10,14,16,20-22,27,29H,7,9,11-13,15H2,1-2H3/t16-,20-,21?,22-/m1/s1. The van der Waals surface area contributed by atoms with Gasteiger partial charge in [-0.3, -0.25) is 4.79 Å². The Balaban J connectivity index is 1.34. The van der Waals surface area contributed by atoms with Crippen LogP contribution in [0.25, 0.3) is 0 Å². The van der Waals surface area contributed by atoms with Crippen molar-refractivity contribution < 1.29 is 19.0 Å². The first-order valence-electron chi connectivity index (χ1n) is 11.1. The number of aliphatic hydroxyl groups is 1. The Kier molecular flexibility index (Phi) is 6.58. The van der Waals surface area contributed by atoms with Crippen molar-refractivity contribution in [1.29, 1.82) is 0 Å². The Morgan fingerprint density at radius 1 is 1.19 bits per heavy atom. The summed E-state index contributed by atoms with van der Waals surface area (Å²) in [5, 5.41) is 13.3. The number of hydrogen-bond acceptors (Lipinski definition) is 4. The average Bonchev–Trinajstić information content (AvgIpc) is 3.43. The molecule has 1 aliphatic heterocycles. The maximum Gasteiger partial charge on any atom is 0.253 e. The number of halogens is 1. The van der Waals surface area contributed by atoms with Gasteiger partial charge < -0.3 is 20.1 Å². The minimum atomic E-state index is -0.399. The number of carbonyl (C=O) groups excluding carboxylic acids is 1. The van der Waals surface area contributed by atoms with E-state index in [1.807, 2.05) is 12.1 Å². The highest BCUT2D eigenvalue weighted by molar-refractivity contribution is 5.94. The molecule has 1 heterocycles. The zero-order valence-electron chi connectivity index (χ0n) is 18.2. The van der Waals surface area contributed by atoms with E-state index in [1.165, 1.54) is 18.7 Å². The second-order valence-electron chi connectivity index (χ2n) is 8.80. The Bertz CT molecular complexity index is 917. The number of rotatable bonds is 6. The summed E-state index contributed by atoms with van der Waals surface area (Å²) in [6, 6.07) is 13.5. The summed E-state index contributed by atoms with van der Waals surface area (Å²) < 4.78 is 18.8. The van der Waals surface area contributed by atoms with Crippen molar-refractivity contribution in [2.75, 3.05) is 20.2 Å². The normalized spacial score (nSPS) is 24.4. The number of methoxy groups -OCH3 is 1. The number of carbonyl (C=O) groups is 1. The molecule has 31 heavy (non-hydrogen) atoms. The molecular weight excluding hydrogens is 395 g/mol. The highest BCUT2D eigenvalue weighted by atomic mass is 19.1. The highest BCUT2D eigenvalue weighted by Crippen LogP contribution is 2.36. The number of nitrogens with zero attached hydrogens (tertiary/aromatic N) is 1. The topological polar surface area (TPSA) is 61.8 Å². The molecule has 166 valence electrons. The molecule has 0 radical (unpaired) electrons. The molecule has 1 saturated carbocycles. The molecule has 2 aliphatic rings. The maximum atomic E-state index is 13.7. The lowest BCUT2D eigenvalue weighted by atomic mass is 9.96. The predicted molar refractivity (Wildman–Crippen MR) is 118 cm³/mol. The van der Waals surface area contributed by atoms with E-state index in [0.717, 1.165) is 24.8 Å². The molecular formula is C25H31FN2O3. The van der Waals surface area contributed by atoms with E-state index in [9.17, 15) is 14.3 Å². The predicted octanol–water partition coefficient (Wildman–Crippen LogP) is 4.03. The van der Waals surface area contributed by atoms with Crippen molar-refractivity contribution in [1.82, 2.24) is 10.2 Å². The van der Waals surface area contributed by atoms with Crippen LogP contribution in [0.4, 0.5) is 4.39 Å². The fourth-order valence-corrected chi connectivity index (χ4v) is 4.84. The molecule has 1 amide bonds. The highest BCUT2D eigenvalue weighted by Gasteiger charge is 2.28. The van der Waals surface area contributed by atoms with Gasteiger partial charge in [-0.1, -0.05) is 18.2 Å². The molecule has 4 atom stereocenters. The number of likely N-dealkylation sites (tertiary alicyclic amines) is 1. The molecule has 0 aromatic heterocycles. The van der Waals surface area contributed by atoms with Gasteiger partial charge in [0.05, 0.1) is 13.2 Å². The van der Waals surface area contributed by atoms with Gasteiger partial charge >= 0.3 is 0 Å². The maximum absolute atomic E-state index is 13.7. The minimum absolute atomic E-state index is 0.00221. The lowest BCUT2D eigenvalue weighted by Crippen LogP contribution is -2.29. The van der Waals surface area contributed by atoms with Gasteiger partial charge in [0.15, 0.2) is 11.6 Å². The monoisotopic (exact) mass is 426 g/mol. The fourth-order valence-electron chi connectivity index (χ4n) is 4.84. The molecule has 2 N–H and O–H groups in total. The molecule has 4 rings (SSSR count). The number of aliphatic hydroxyl groups excluding tert-OH is 1. The summed E-state index contributed by atoms with van der Waals surface area (Å²) >= 11 is 0. The second-order valence-corrected chi connectivity index (χ2v) is 8.80. The van der Waals surface area contributed by atoms with E-state index in [1.54, 1.807) is 17.0 Å². The Labute approximate surface area is 183 Å². The van der Waals surface area contributed by atoms with E-state index < -0.39 is 6.10 Å². The van der Waals surface area contributed by atoms with Gasteiger partial charge in [0.1, 0.15) is 0 Å². The van der Waals surface area contributed by atoms with Gasteiger partial charge in [0, 0.05) is 30.7 Å². The summed E-state index contributed by atoms with van der Waals surface area (Å²) in [4.78, 5) is 14.3. The molecule has 1 saturated heterocycles. The van der Waals surface area contributed by atoms with Crippen LogP contribution in [0.5, 0.6) is 5.75 Å². The van der Waals surface area contributed by atoms with Crippen molar-refractivity contribution in [3.05, 3.63) is 65.0 Å². The first-order chi connectivity index (χ1) is 14.9. The lowest BCUT2D eigenvalue weighted by molar-refractivity contribution is 0.0765. The second kappa shape index (κ2) is 9.37. The van der Waals surface area contributed by atoms with Gasteiger partial charge in [-0.2, -0.15) is 0 Å². The van der Waals surface area contributed by atoms with Crippen molar-refractivity contribution in [2.45, 2.75) is 56.7 Å². The van der Waals surface area contributed by atoms with Crippen LogP contribution in [0.3, 0.4) is 0 Å². The summed E-state index contributed by atoms with van der Waals surface area (Å²) in [6.45, 7) is 3.14. The summed E-state index contributed by atoms with van der Waals surface area (Å²) in [5.41, 5.74) is 2.96. The van der Waals surface area contributed by atoms with Crippen LogP contribution in [0.1, 0.15) is 66.1 Å². The van der Waals surface area contributed by atoms with Gasteiger partial charge in [0.2, 0.25) is 0 Å². The van der Waals surface area contributed by atoms with Gasteiger partial charge in [-0.05, 0) is 73.9 Å². The molecule has 1 aliphatic carbocycles. The van der Waals surface area contributed by atoms with Gasteiger partial charge in [0.25, 0.3) is 5.91 Å². The Morgan fingerprint density at radius 3 is 2.65 bits per heavy atom. The quantitative estimate of drug-likeness (QED) is 0.732. The largest absolute Gasteiger partial charge is 0.494 e. The van der Waals surface area contributed by atoms with E-state index in [-0.39, 0.29) is 23.5 Å². The van der Waals surface area contributed by atoms with E-state index in [4.69, 9.17) is 4.74 Å². The van der Waals surface area contributed by atoms with Crippen molar-refractivity contribution in [2.24, 2.45) is 0 Å². The molecule has 0 bridgehead atoms. The summed E-state index contributed by atoms with van der Waals surface area (Å²) in [7, 11) is 1.48. The van der Waals surface area contributed by atoms with Gasteiger partial charge in [-0.25, -0.2) is 4.39 Å². The zero-order chi connectivity index (χ0) is 22.0. The number of amides is 1. The first kappa shape index (κ1) is 21.8. The van der Waals surface area contributed by atoms with E-state index >= 15 is 0 Å². The first-order valence-corrected chi connectivity index (χ1v) is 11.1. The molecule has 0 spiro atoms. The zero-order valence-corrected chi connectivity index (χ0v) is 18.2. The molecule has 2 fully saturated rings. The smallest absolute Gasteiger partial charge is 0.253 e. The lowest BCUT2D eigenvalue weighted by Gasteiger charge is -2.21. The average molecular weight is 427 g/mol. The van der Waals surface area contributed by atoms with E-state index in [0.29, 0.717) is 37.0 Å². The summed E-state index contributed by atoms with van der Waals surface area (Å²) in [5.74, 6) is 0.388. The Morgan fingerprint density at radius 2 is 1.97 bits per heavy atom. The Hall–Kier alpha value is -2.44. The summed E-state index contributed by atoms with van der Waals surface area (Å²) in [6.07, 6.45) is 3.48. The molecule has 2 aromatic rings. The van der Waals surface area contributed by atoms with Crippen LogP contribution >= 0.6 is 0 Å². The van der Waals surface area contributed by atoms with Crippen LogP contribution in [0.15, 0.2) is 42.5 Å². The third-order valence-corrected chi connectivity index (χ3v) is 6.67. The van der Waals surface area contributed by atoms with Crippen molar-refractivity contribution >= 4 is 5.91 Å². The fraction of sp³-hybridized carbons (Fsp3) is 0.480. The van der Waals surface area contributed by atoms with Crippen LogP contribution in [-0.2, 0) is 0 Å². The number of nitrogens with one attached hydrogen (secondary N) is 1. The van der Waals surface area contributed by atoms with Crippen molar-refractivity contribution in [3.63, 3.8) is 0 Å². The van der Waals surface area contributed by atoms with Crippen LogP contribution in [0, 0.1) is 5.82 Å². The molecule has 6 heteroatoms. The molecule has 1 unspecified atom stereocenters. The number of β-amino-alcohol motifs (C(OH)–C–C–N with tert-alkyl or cyclic N) is 1. The number of benzene rings is 2. The van der Waals surface area contributed by atoms with Crippen molar-refractivity contribution in [3.8, 4) is 5.75 Å². The number of ether oxygens (including phenoxy) is 1. The van der Waals surface area contributed by atoms with Crippen LogP contribution < -0.4 is 10.1 Å². The van der Waals surface area contributed by atoms with Crippen LogP contribution in [-0.4, -0.2) is 48.3 Å². The molecule has 2 aromatic carbocycles. The number of hydrogen-bond donors (Lipinski definition) is 2. The third-order valence-electron chi connectivity index (χ3n) is 6.67. The minimum Gasteiger partial charge on any atom is -0.494 e. The SMILES string of the molecule is COc1cc([C@@H](C)NC2CC[C@@H](c3ccc(C(=O)N4CC[C@@H](O)C4)cc3)C2)ccc1F. The molecule has 5 nitrogen and oxygen atoms in total. The third kappa shape index (κ3) is 4.91. The van der Waals surface area contributed by atoms with E-state index in [2.05, 4.69) is 24.4 Å². The van der Waals surface area contributed by atoms with Crippen LogP contribution in [0.2, 0.25) is 0 Å².